The van der Waals surface area contributed by atoms with Gasteiger partial charge in [-0.15, -0.1) is 0 Å². The molecule has 31 heavy (non-hydrogen) atoms. The van der Waals surface area contributed by atoms with Gasteiger partial charge in [0, 0.05) is 0 Å². The Kier molecular flexibility index (Phi) is 6.11. The lowest BCUT2D eigenvalue weighted by molar-refractivity contribution is -0.0627. The second kappa shape index (κ2) is 8.03. The smallest absolute Gasteiger partial charge is 0.0594 e. The summed E-state index contributed by atoms with van der Waals surface area (Å²) in [6.45, 7) is 21.5. The Morgan fingerprint density at radius 2 is 1.71 bits per heavy atom. The molecular weight excluding hydrogens is 376 g/mol. The van der Waals surface area contributed by atoms with E-state index in [9.17, 15) is 5.11 Å². The van der Waals surface area contributed by atoms with Crippen LogP contribution in [0.3, 0.4) is 0 Å². The van der Waals surface area contributed by atoms with Crippen molar-refractivity contribution in [3.8, 4) is 0 Å². The molecule has 4 aliphatic carbocycles. The average molecular weight is 427 g/mol. The van der Waals surface area contributed by atoms with Crippen LogP contribution in [0.5, 0.6) is 0 Å². The van der Waals surface area contributed by atoms with Gasteiger partial charge in [-0.05, 0) is 110 Å². The number of hydrogen-bond donors (Lipinski definition) is 1. The van der Waals surface area contributed by atoms with Gasteiger partial charge >= 0.3 is 0 Å². The molecule has 4 rings (SSSR count). The Morgan fingerprint density at radius 1 is 1.00 bits per heavy atom. The van der Waals surface area contributed by atoms with Crippen LogP contribution < -0.4 is 0 Å². The minimum Gasteiger partial charge on any atom is -0.393 e. The van der Waals surface area contributed by atoms with Crippen molar-refractivity contribution in [3.63, 3.8) is 0 Å². The summed E-state index contributed by atoms with van der Waals surface area (Å²) in [5, 5.41) is 10.7. The molecule has 2 saturated carbocycles. The van der Waals surface area contributed by atoms with E-state index in [1.165, 1.54) is 63.4 Å². The summed E-state index contributed by atoms with van der Waals surface area (Å²) in [5.41, 5.74) is 6.12. The molecule has 0 heterocycles. The molecule has 0 radical (unpaired) electrons. The molecular formula is C30H50O. The van der Waals surface area contributed by atoms with Gasteiger partial charge in [-0.3, -0.25) is 0 Å². The van der Waals surface area contributed by atoms with Gasteiger partial charge in [0.1, 0.15) is 0 Å². The van der Waals surface area contributed by atoms with Gasteiger partial charge in [0.15, 0.2) is 0 Å². The van der Waals surface area contributed by atoms with E-state index >= 15 is 0 Å². The molecule has 7 unspecified atom stereocenters. The van der Waals surface area contributed by atoms with Gasteiger partial charge in [0.05, 0.1) is 6.10 Å². The monoisotopic (exact) mass is 426 g/mol. The van der Waals surface area contributed by atoms with E-state index in [2.05, 4.69) is 55.0 Å². The minimum atomic E-state index is -0.113. The maximum Gasteiger partial charge on any atom is 0.0594 e. The lowest BCUT2D eigenvalue weighted by Gasteiger charge is -2.58. The van der Waals surface area contributed by atoms with E-state index in [0.717, 1.165) is 24.2 Å². The van der Waals surface area contributed by atoms with Gasteiger partial charge in [0.25, 0.3) is 0 Å². The normalized spacial score (nSPS) is 42.7. The molecule has 0 amide bonds. The third-order valence-electron chi connectivity index (χ3n) is 11.6. The summed E-state index contributed by atoms with van der Waals surface area (Å²) in [6.07, 6.45) is 12.7. The topological polar surface area (TPSA) is 20.2 Å². The predicted octanol–water partition coefficient (Wildman–Crippen LogP) is 8.34. The number of aliphatic hydroxyl groups excluding tert-OH is 1. The molecule has 4 aliphatic rings. The first kappa shape index (κ1) is 23.6. The predicted molar refractivity (Wildman–Crippen MR) is 133 cm³/mol. The molecule has 176 valence electrons. The third kappa shape index (κ3) is 3.51. The Hall–Kier alpha value is -0.560. The van der Waals surface area contributed by atoms with Crippen molar-refractivity contribution in [3.05, 3.63) is 23.3 Å². The summed E-state index contributed by atoms with van der Waals surface area (Å²) in [4.78, 5) is 0. The van der Waals surface area contributed by atoms with Crippen molar-refractivity contribution in [1.82, 2.24) is 0 Å². The van der Waals surface area contributed by atoms with Crippen LogP contribution >= 0.6 is 0 Å². The summed E-state index contributed by atoms with van der Waals surface area (Å²) >= 11 is 0. The van der Waals surface area contributed by atoms with Gasteiger partial charge in [-0.2, -0.15) is 0 Å². The third-order valence-corrected chi connectivity index (χ3v) is 11.6. The Labute approximate surface area is 193 Å². The fourth-order valence-corrected chi connectivity index (χ4v) is 8.94. The molecule has 2 fully saturated rings. The van der Waals surface area contributed by atoms with Crippen molar-refractivity contribution in [2.24, 2.45) is 45.8 Å². The Bertz CT molecular complexity index is 742. The van der Waals surface area contributed by atoms with E-state index in [4.69, 9.17) is 0 Å². The number of aliphatic hydroxyl groups is 1. The second-order valence-corrected chi connectivity index (χ2v) is 13.4. The van der Waals surface area contributed by atoms with Crippen LogP contribution in [0.4, 0.5) is 0 Å². The summed E-state index contributed by atoms with van der Waals surface area (Å²) in [5.74, 6) is 3.70. The number of rotatable bonds is 5. The quantitative estimate of drug-likeness (QED) is 0.438. The van der Waals surface area contributed by atoms with Gasteiger partial charge in [0.2, 0.25) is 0 Å². The zero-order chi connectivity index (χ0) is 22.8. The fraction of sp³-hybridized carbons (Fsp3) is 0.867. The largest absolute Gasteiger partial charge is 0.393 e. The van der Waals surface area contributed by atoms with Crippen LogP contribution in [0.25, 0.3) is 0 Å². The SMILES string of the molecule is C=C(CCC(C)C1CCC2(C)C3=C(CCC12C)C1CCC(O)C(C)(C)C1CC3)C(C)C. The molecule has 0 spiro atoms. The maximum atomic E-state index is 10.7. The molecule has 1 N–H and O–H groups in total. The van der Waals surface area contributed by atoms with Crippen LogP contribution in [-0.4, -0.2) is 11.2 Å². The lowest BCUT2D eigenvalue weighted by Crippen LogP contribution is -2.50. The highest BCUT2D eigenvalue weighted by molar-refractivity contribution is 5.36. The van der Waals surface area contributed by atoms with Crippen LogP contribution in [0.1, 0.15) is 113 Å². The number of allylic oxidation sites excluding steroid dienone is 3. The van der Waals surface area contributed by atoms with E-state index in [1.54, 1.807) is 0 Å². The Balaban J connectivity index is 1.58. The number of hydrogen-bond acceptors (Lipinski definition) is 1. The lowest BCUT2D eigenvalue weighted by atomic mass is 9.47. The standard InChI is InChI=1S/C30H50O/c1-19(2)20(3)9-10-21(4)24-16-18-30(8)26-13-12-25-22(11-14-27(31)28(25,5)6)23(26)15-17-29(24,30)7/h19,21-22,24-25,27,31H,3,9-18H2,1-2,4-8H3. The summed E-state index contributed by atoms with van der Waals surface area (Å²) in [6, 6.07) is 0. The minimum absolute atomic E-state index is 0.0780. The molecule has 7 atom stereocenters. The van der Waals surface area contributed by atoms with Crippen molar-refractivity contribution < 1.29 is 5.11 Å². The van der Waals surface area contributed by atoms with Crippen molar-refractivity contribution in [2.75, 3.05) is 0 Å². The molecule has 0 bridgehead atoms. The van der Waals surface area contributed by atoms with E-state index < -0.39 is 0 Å². The first-order valence-corrected chi connectivity index (χ1v) is 13.5. The van der Waals surface area contributed by atoms with E-state index in [-0.39, 0.29) is 11.5 Å². The second-order valence-electron chi connectivity index (χ2n) is 13.4. The molecule has 0 aromatic rings. The molecule has 0 aliphatic heterocycles. The molecule has 1 nitrogen and oxygen atoms in total. The fourth-order valence-electron chi connectivity index (χ4n) is 8.94. The first-order chi connectivity index (χ1) is 14.4. The maximum absolute atomic E-state index is 10.7. The van der Waals surface area contributed by atoms with Crippen LogP contribution in [0, 0.1) is 45.8 Å². The van der Waals surface area contributed by atoms with Crippen molar-refractivity contribution in [1.29, 1.82) is 0 Å². The summed E-state index contributed by atoms with van der Waals surface area (Å²) in [7, 11) is 0. The molecule has 0 aromatic carbocycles. The van der Waals surface area contributed by atoms with Crippen LogP contribution in [-0.2, 0) is 0 Å². The summed E-state index contributed by atoms with van der Waals surface area (Å²) < 4.78 is 0. The highest BCUT2D eigenvalue weighted by Crippen LogP contribution is 2.70. The molecule has 0 saturated heterocycles. The average Bonchev–Trinajstić information content (AvgIpc) is 3.00. The van der Waals surface area contributed by atoms with Crippen LogP contribution in [0.15, 0.2) is 23.3 Å². The van der Waals surface area contributed by atoms with Gasteiger partial charge < -0.3 is 5.11 Å². The van der Waals surface area contributed by atoms with E-state index in [1.807, 2.05) is 11.1 Å². The van der Waals surface area contributed by atoms with Gasteiger partial charge in [-0.25, -0.2) is 0 Å². The highest BCUT2D eigenvalue weighted by atomic mass is 16.3. The zero-order valence-corrected chi connectivity index (χ0v) is 21.7. The Morgan fingerprint density at radius 3 is 2.39 bits per heavy atom. The van der Waals surface area contributed by atoms with Crippen LogP contribution in [0.2, 0.25) is 0 Å². The van der Waals surface area contributed by atoms with Crippen molar-refractivity contribution in [2.45, 2.75) is 119 Å². The van der Waals surface area contributed by atoms with Gasteiger partial charge in [-0.1, -0.05) is 71.8 Å². The highest BCUT2D eigenvalue weighted by Gasteiger charge is 2.61. The molecule has 0 aromatic heterocycles. The number of fused-ring (bicyclic) bond motifs is 4. The molecule has 1 heteroatoms. The van der Waals surface area contributed by atoms with Crippen molar-refractivity contribution >= 4 is 0 Å². The first-order valence-electron chi connectivity index (χ1n) is 13.5. The van der Waals surface area contributed by atoms with E-state index in [0.29, 0.717) is 22.7 Å². The zero-order valence-electron chi connectivity index (χ0n) is 21.7.